The van der Waals surface area contributed by atoms with Crippen molar-refractivity contribution in [2.45, 2.75) is 6.42 Å². The van der Waals surface area contributed by atoms with Gasteiger partial charge in [-0.05, 0) is 30.2 Å². The van der Waals surface area contributed by atoms with E-state index in [0.29, 0.717) is 0 Å². The molecule has 4 heteroatoms. The largest absolute Gasteiger partial charge is 0.497 e. The number of aromatic amines is 1. The van der Waals surface area contributed by atoms with Crippen LogP contribution < -0.4 is 4.74 Å². The molecule has 2 heterocycles. The molecule has 1 N–H and O–H groups in total. The molecule has 0 amide bonds. The van der Waals surface area contributed by atoms with Crippen molar-refractivity contribution < 1.29 is 9.47 Å². The number of hydrogen-bond acceptors (Lipinski definition) is 3. The third-order valence-electron chi connectivity index (χ3n) is 3.78. The molecule has 0 atom stereocenters. The molecular weight excluding hydrogens is 240 g/mol. The van der Waals surface area contributed by atoms with E-state index in [0.717, 1.165) is 45.0 Å². The first-order chi connectivity index (χ1) is 9.36. The molecule has 1 aromatic heterocycles. The minimum Gasteiger partial charge on any atom is -0.497 e. The average molecular weight is 260 g/mol. The molecule has 0 aliphatic carbocycles. The number of benzene rings is 1. The number of aromatic nitrogens is 1. The number of hydrogen-bond donors (Lipinski definition) is 1. The zero-order chi connectivity index (χ0) is 13.1. The number of methoxy groups -OCH3 is 1. The van der Waals surface area contributed by atoms with Crippen molar-refractivity contribution in [3.63, 3.8) is 0 Å². The standard InChI is InChI=1S/C15H20N2O2/c1-18-13-2-3-15-14(10-13)12(11-16-15)4-5-17-6-8-19-9-7-17/h2-3,10-11,16H,4-9H2,1H3. The Bertz CT molecular complexity index is 544. The fourth-order valence-corrected chi connectivity index (χ4v) is 2.59. The lowest BCUT2D eigenvalue weighted by molar-refractivity contribution is 0.0385. The predicted molar refractivity (Wildman–Crippen MR) is 75.8 cm³/mol. The summed E-state index contributed by atoms with van der Waals surface area (Å²) in [5, 5.41) is 1.27. The molecule has 102 valence electrons. The Hall–Kier alpha value is -1.52. The van der Waals surface area contributed by atoms with Crippen LogP contribution in [0.5, 0.6) is 5.75 Å². The van der Waals surface area contributed by atoms with Gasteiger partial charge < -0.3 is 14.5 Å². The van der Waals surface area contributed by atoms with E-state index in [1.807, 2.05) is 6.07 Å². The highest BCUT2D eigenvalue weighted by atomic mass is 16.5. The second-order valence-electron chi connectivity index (χ2n) is 4.93. The average Bonchev–Trinajstić information content (AvgIpc) is 2.88. The Balaban J connectivity index is 1.72. The second-order valence-corrected chi connectivity index (χ2v) is 4.93. The van der Waals surface area contributed by atoms with Gasteiger partial charge in [-0.1, -0.05) is 0 Å². The number of nitrogens with zero attached hydrogens (tertiary/aromatic N) is 1. The van der Waals surface area contributed by atoms with Gasteiger partial charge in [0, 0.05) is 36.7 Å². The summed E-state index contributed by atoms with van der Waals surface area (Å²) in [4.78, 5) is 5.79. The number of H-pyrrole nitrogens is 1. The molecule has 1 aliphatic rings. The van der Waals surface area contributed by atoms with E-state index >= 15 is 0 Å². The van der Waals surface area contributed by atoms with E-state index in [9.17, 15) is 0 Å². The smallest absolute Gasteiger partial charge is 0.119 e. The molecule has 0 unspecified atom stereocenters. The monoisotopic (exact) mass is 260 g/mol. The lowest BCUT2D eigenvalue weighted by atomic mass is 10.1. The van der Waals surface area contributed by atoms with Crippen molar-refractivity contribution in [2.75, 3.05) is 40.0 Å². The fourth-order valence-electron chi connectivity index (χ4n) is 2.59. The van der Waals surface area contributed by atoms with E-state index in [1.165, 1.54) is 16.5 Å². The van der Waals surface area contributed by atoms with Crippen LogP contribution in [0.15, 0.2) is 24.4 Å². The summed E-state index contributed by atoms with van der Waals surface area (Å²) in [6.07, 6.45) is 3.18. The van der Waals surface area contributed by atoms with E-state index < -0.39 is 0 Å². The summed E-state index contributed by atoms with van der Waals surface area (Å²) in [5.41, 5.74) is 2.54. The highest BCUT2D eigenvalue weighted by Crippen LogP contribution is 2.24. The number of nitrogens with one attached hydrogen (secondary N) is 1. The van der Waals surface area contributed by atoms with Crippen molar-refractivity contribution in [3.05, 3.63) is 30.0 Å². The van der Waals surface area contributed by atoms with E-state index in [-0.39, 0.29) is 0 Å². The molecule has 1 aromatic carbocycles. The van der Waals surface area contributed by atoms with Crippen molar-refractivity contribution in [1.29, 1.82) is 0 Å². The van der Waals surface area contributed by atoms with Gasteiger partial charge in [-0.25, -0.2) is 0 Å². The van der Waals surface area contributed by atoms with Gasteiger partial charge >= 0.3 is 0 Å². The van der Waals surface area contributed by atoms with Crippen molar-refractivity contribution in [2.24, 2.45) is 0 Å². The van der Waals surface area contributed by atoms with E-state index in [1.54, 1.807) is 7.11 Å². The molecule has 3 rings (SSSR count). The Morgan fingerprint density at radius 1 is 1.32 bits per heavy atom. The number of morpholine rings is 1. The summed E-state index contributed by atoms with van der Waals surface area (Å²) in [6.45, 7) is 4.91. The second kappa shape index (κ2) is 5.63. The Labute approximate surface area is 113 Å². The minimum atomic E-state index is 0.863. The first-order valence-electron chi connectivity index (χ1n) is 6.81. The Morgan fingerprint density at radius 2 is 2.16 bits per heavy atom. The van der Waals surface area contributed by atoms with E-state index in [2.05, 4.69) is 28.2 Å². The lowest BCUT2D eigenvalue weighted by Gasteiger charge is -2.26. The predicted octanol–water partition coefficient (Wildman–Crippen LogP) is 2.05. The van der Waals surface area contributed by atoms with Crippen LogP contribution in [0.3, 0.4) is 0 Å². The normalized spacial score (nSPS) is 16.9. The first-order valence-corrected chi connectivity index (χ1v) is 6.81. The maximum atomic E-state index is 5.37. The Kier molecular flexibility index (Phi) is 3.71. The van der Waals surface area contributed by atoms with Gasteiger partial charge in [-0.15, -0.1) is 0 Å². The van der Waals surface area contributed by atoms with Gasteiger partial charge in [0.05, 0.1) is 20.3 Å². The maximum Gasteiger partial charge on any atom is 0.119 e. The van der Waals surface area contributed by atoms with Crippen LogP contribution in [0.4, 0.5) is 0 Å². The lowest BCUT2D eigenvalue weighted by Crippen LogP contribution is -2.37. The zero-order valence-electron chi connectivity index (χ0n) is 11.3. The Morgan fingerprint density at radius 3 is 2.95 bits per heavy atom. The van der Waals surface area contributed by atoms with Crippen LogP contribution in [-0.4, -0.2) is 49.8 Å². The third kappa shape index (κ3) is 2.74. The maximum absolute atomic E-state index is 5.37. The number of rotatable bonds is 4. The molecule has 1 fully saturated rings. The number of fused-ring (bicyclic) bond motifs is 1. The van der Waals surface area contributed by atoms with Gasteiger partial charge in [0.1, 0.15) is 5.75 Å². The highest BCUT2D eigenvalue weighted by molar-refractivity contribution is 5.84. The van der Waals surface area contributed by atoms with Gasteiger partial charge in [0.15, 0.2) is 0 Å². The van der Waals surface area contributed by atoms with Crippen LogP contribution in [0.2, 0.25) is 0 Å². The molecule has 0 spiro atoms. The zero-order valence-corrected chi connectivity index (χ0v) is 11.3. The summed E-state index contributed by atoms with van der Waals surface area (Å²) in [7, 11) is 1.71. The summed E-state index contributed by atoms with van der Waals surface area (Å²) in [5.74, 6) is 0.916. The van der Waals surface area contributed by atoms with Crippen molar-refractivity contribution >= 4 is 10.9 Å². The topological polar surface area (TPSA) is 37.5 Å². The molecule has 1 aliphatic heterocycles. The molecule has 19 heavy (non-hydrogen) atoms. The third-order valence-corrected chi connectivity index (χ3v) is 3.78. The molecule has 1 saturated heterocycles. The first kappa shape index (κ1) is 12.5. The summed E-state index contributed by atoms with van der Waals surface area (Å²) < 4.78 is 10.7. The fraction of sp³-hybridized carbons (Fsp3) is 0.467. The van der Waals surface area contributed by atoms with Gasteiger partial charge in [0.25, 0.3) is 0 Å². The van der Waals surface area contributed by atoms with Crippen LogP contribution in [0.25, 0.3) is 10.9 Å². The van der Waals surface area contributed by atoms with Crippen LogP contribution in [0.1, 0.15) is 5.56 Å². The molecule has 4 nitrogen and oxygen atoms in total. The molecular formula is C15H20N2O2. The number of ether oxygens (including phenoxy) is 2. The van der Waals surface area contributed by atoms with Gasteiger partial charge in [-0.3, -0.25) is 4.90 Å². The van der Waals surface area contributed by atoms with Gasteiger partial charge in [-0.2, -0.15) is 0 Å². The minimum absolute atomic E-state index is 0.863. The molecule has 0 radical (unpaired) electrons. The van der Waals surface area contributed by atoms with Crippen LogP contribution >= 0.6 is 0 Å². The van der Waals surface area contributed by atoms with E-state index in [4.69, 9.17) is 9.47 Å². The SMILES string of the molecule is COc1ccc2[nH]cc(CCN3CCOCC3)c2c1. The van der Waals surface area contributed by atoms with Crippen molar-refractivity contribution in [3.8, 4) is 5.75 Å². The molecule has 0 bridgehead atoms. The van der Waals surface area contributed by atoms with Crippen LogP contribution in [-0.2, 0) is 11.2 Å². The van der Waals surface area contributed by atoms with Gasteiger partial charge in [0.2, 0.25) is 0 Å². The highest BCUT2D eigenvalue weighted by Gasteiger charge is 2.11. The summed E-state index contributed by atoms with van der Waals surface area (Å²) >= 11 is 0. The quantitative estimate of drug-likeness (QED) is 0.914. The van der Waals surface area contributed by atoms with Crippen LogP contribution in [0, 0.1) is 0 Å². The molecule has 2 aromatic rings. The molecule has 0 saturated carbocycles. The summed E-state index contributed by atoms with van der Waals surface area (Å²) in [6, 6.07) is 6.18. The van der Waals surface area contributed by atoms with Crippen molar-refractivity contribution in [1.82, 2.24) is 9.88 Å².